The second kappa shape index (κ2) is 7.88. The van der Waals surface area contributed by atoms with E-state index in [4.69, 9.17) is 4.74 Å². The van der Waals surface area contributed by atoms with Gasteiger partial charge in [0.25, 0.3) is 5.91 Å². The SMILES string of the molecule is CCOc1ccccc1N1CCN(C(=O)c2ccc3c(c2)nnn3CC)CC1. The third-order valence-electron chi connectivity index (χ3n) is 5.13. The molecule has 1 saturated heterocycles. The Balaban J connectivity index is 1.46. The van der Waals surface area contributed by atoms with Crippen molar-refractivity contribution in [2.24, 2.45) is 0 Å². The molecule has 7 nitrogen and oxygen atoms in total. The summed E-state index contributed by atoms with van der Waals surface area (Å²) >= 11 is 0. The number of amides is 1. The minimum Gasteiger partial charge on any atom is -0.492 e. The highest BCUT2D eigenvalue weighted by molar-refractivity contribution is 5.97. The molecule has 0 aliphatic carbocycles. The average Bonchev–Trinajstić information content (AvgIpc) is 3.16. The van der Waals surface area contributed by atoms with Gasteiger partial charge in [0.1, 0.15) is 11.3 Å². The van der Waals surface area contributed by atoms with Gasteiger partial charge < -0.3 is 14.5 Å². The van der Waals surface area contributed by atoms with Gasteiger partial charge in [0.05, 0.1) is 17.8 Å². The number of ether oxygens (including phenoxy) is 1. The zero-order chi connectivity index (χ0) is 19.5. The third kappa shape index (κ3) is 3.40. The molecule has 0 atom stereocenters. The summed E-state index contributed by atoms with van der Waals surface area (Å²) in [6.07, 6.45) is 0. The average molecular weight is 379 g/mol. The van der Waals surface area contributed by atoms with Crippen LogP contribution in [0.1, 0.15) is 24.2 Å². The highest BCUT2D eigenvalue weighted by atomic mass is 16.5. The van der Waals surface area contributed by atoms with Gasteiger partial charge in [-0.1, -0.05) is 17.3 Å². The summed E-state index contributed by atoms with van der Waals surface area (Å²) in [5, 5.41) is 8.29. The number of aryl methyl sites for hydroxylation is 1. The fraction of sp³-hybridized carbons (Fsp3) is 0.381. The van der Waals surface area contributed by atoms with E-state index in [1.807, 2.05) is 59.8 Å². The Bertz CT molecular complexity index is 976. The molecule has 1 aliphatic heterocycles. The number of hydrogen-bond donors (Lipinski definition) is 0. The first-order valence-corrected chi connectivity index (χ1v) is 9.80. The number of para-hydroxylation sites is 2. The van der Waals surface area contributed by atoms with Crippen molar-refractivity contribution in [2.45, 2.75) is 20.4 Å². The van der Waals surface area contributed by atoms with Crippen molar-refractivity contribution in [1.29, 1.82) is 0 Å². The number of anilines is 1. The molecule has 2 aromatic carbocycles. The van der Waals surface area contributed by atoms with Crippen molar-refractivity contribution in [3.05, 3.63) is 48.0 Å². The summed E-state index contributed by atoms with van der Waals surface area (Å²) < 4.78 is 7.58. The first-order valence-electron chi connectivity index (χ1n) is 9.80. The quantitative estimate of drug-likeness (QED) is 0.682. The molecule has 0 spiro atoms. The van der Waals surface area contributed by atoms with Crippen LogP contribution in [-0.4, -0.2) is 58.6 Å². The van der Waals surface area contributed by atoms with Gasteiger partial charge in [0.2, 0.25) is 0 Å². The number of hydrogen-bond acceptors (Lipinski definition) is 5. The molecular formula is C21H25N5O2. The molecule has 1 amide bonds. The molecule has 0 N–H and O–H groups in total. The maximum atomic E-state index is 13.0. The first kappa shape index (κ1) is 18.3. The molecule has 0 bridgehead atoms. The minimum absolute atomic E-state index is 0.0469. The number of nitrogens with zero attached hydrogens (tertiary/aromatic N) is 5. The summed E-state index contributed by atoms with van der Waals surface area (Å²) in [5.74, 6) is 0.944. The van der Waals surface area contributed by atoms with E-state index in [1.165, 1.54) is 0 Å². The van der Waals surface area contributed by atoms with Gasteiger partial charge in [-0.25, -0.2) is 4.68 Å². The monoisotopic (exact) mass is 379 g/mol. The van der Waals surface area contributed by atoms with E-state index in [2.05, 4.69) is 21.3 Å². The Morgan fingerprint density at radius 2 is 1.86 bits per heavy atom. The Kier molecular flexibility index (Phi) is 5.14. The minimum atomic E-state index is 0.0469. The van der Waals surface area contributed by atoms with Crippen LogP contribution in [0.2, 0.25) is 0 Å². The summed E-state index contributed by atoms with van der Waals surface area (Å²) in [6.45, 7) is 8.33. The molecule has 2 heterocycles. The maximum Gasteiger partial charge on any atom is 0.254 e. The Hall–Kier alpha value is -3.09. The van der Waals surface area contributed by atoms with Gasteiger partial charge in [-0.3, -0.25) is 4.79 Å². The lowest BCUT2D eigenvalue weighted by Crippen LogP contribution is -2.48. The molecule has 1 aromatic heterocycles. The number of aromatic nitrogens is 3. The number of rotatable bonds is 5. The van der Waals surface area contributed by atoms with Crippen LogP contribution in [0.3, 0.4) is 0 Å². The second-order valence-corrected chi connectivity index (χ2v) is 6.79. The van der Waals surface area contributed by atoms with Gasteiger partial charge in [0.15, 0.2) is 0 Å². The van der Waals surface area contributed by atoms with Gasteiger partial charge in [-0.2, -0.15) is 0 Å². The Morgan fingerprint density at radius 3 is 2.61 bits per heavy atom. The van der Waals surface area contributed by atoms with Crippen LogP contribution in [-0.2, 0) is 6.54 Å². The molecule has 7 heteroatoms. The molecule has 28 heavy (non-hydrogen) atoms. The lowest BCUT2D eigenvalue weighted by atomic mass is 10.1. The van der Waals surface area contributed by atoms with Gasteiger partial charge in [-0.05, 0) is 44.2 Å². The molecule has 3 aromatic rings. The van der Waals surface area contributed by atoms with E-state index >= 15 is 0 Å². The molecule has 0 unspecified atom stereocenters. The molecule has 4 rings (SSSR count). The number of carbonyl (C=O) groups is 1. The molecule has 1 fully saturated rings. The van der Waals surface area contributed by atoms with Crippen LogP contribution in [0.4, 0.5) is 5.69 Å². The lowest BCUT2D eigenvalue weighted by molar-refractivity contribution is 0.0747. The highest BCUT2D eigenvalue weighted by Crippen LogP contribution is 2.29. The van der Waals surface area contributed by atoms with Crippen LogP contribution in [0.25, 0.3) is 11.0 Å². The van der Waals surface area contributed by atoms with Crippen LogP contribution in [0.5, 0.6) is 5.75 Å². The van der Waals surface area contributed by atoms with Crippen molar-refractivity contribution in [3.8, 4) is 5.75 Å². The van der Waals surface area contributed by atoms with E-state index in [1.54, 1.807) is 0 Å². The van der Waals surface area contributed by atoms with E-state index < -0.39 is 0 Å². The van der Waals surface area contributed by atoms with Crippen LogP contribution >= 0.6 is 0 Å². The summed E-state index contributed by atoms with van der Waals surface area (Å²) in [5.41, 5.74) is 3.47. The van der Waals surface area contributed by atoms with E-state index in [0.29, 0.717) is 25.3 Å². The molecule has 146 valence electrons. The number of piperazine rings is 1. The normalized spacial score (nSPS) is 14.5. The zero-order valence-electron chi connectivity index (χ0n) is 16.3. The van der Waals surface area contributed by atoms with Crippen molar-refractivity contribution < 1.29 is 9.53 Å². The second-order valence-electron chi connectivity index (χ2n) is 6.79. The Morgan fingerprint density at radius 1 is 1.07 bits per heavy atom. The molecular weight excluding hydrogens is 354 g/mol. The van der Waals surface area contributed by atoms with Crippen molar-refractivity contribution in [2.75, 3.05) is 37.7 Å². The van der Waals surface area contributed by atoms with Crippen molar-refractivity contribution >= 4 is 22.6 Å². The van der Waals surface area contributed by atoms with Gasteiger partial charge >= 0.3 is 0 Å². The first-order chi connectivity index (χ1) is 13.7. The number of carbonyl (C=O) groups excluding carboxylic acids is 1. The fourth-order valence-corrected chi connectivity index (χ4v) is 3.67. The predicted molar refractivity (Wildman–Crippen MR) is 109 cm³/mol. The van der Waals surface area contributed by atoms with Crippen LogP contribution < -0.4 is 9.64 Å². The number of fused-ring (bicyclic) bond motifs is 1. The topological polar surface area (TPSA) is 63.5 Å². The van der Waals surface area contributed by atoms with Crippen LogP contribution in [0.15, 0.2) is 42.5 Å². The van der Waals surface area contributed by atoms with E-state index in [-0.39, 0.29) is 5.91 Å². The smallest absolute Gasteiger partial charge is 0.254 e. The fourth-order valence-electron chi connectivity index (χ4n) is 3.67. The summed E-state index contributed by atoms with van der Waals surface area (Å²) in [6, 6.07) is 13.7. The third-order valence-corrected chi connectivity index (χ3v) is 5.13. The molecule has 0 saturated carbocycles. The standard InChI is InChI=1S/C21H25N5O2/c1-3-26-18-10-9-16(15-17(18)22-23-26)21(27)25-13-11-24(12-14-25)19-7-5-6-8-20(19)28-4-2/h5-10,15H,3-4,11-14H2,1-2H3. The number of benzene rings is 2. The van der Waals surface area contributed by atoms with Crippen molar-refractivity contribution in [3.63, 3.8) is 0 Å². The van der Waals surface area contributed by atoms with E-state index in [0.717, 1.165) is 42.1 Å². The highest BCUT2D eigenvalue weighted by Gasteiger charge is 2.24. The Labute approximate surface area is 164 Å². The molecule has 0 radical (unpaired) electrons. The predicted octanol–water partition coefficient (Wildman–Crippen LogP) is 2.81. The van der Waals surface area contributed by atoms with Gasteiger partial charge in [0, 0.05) is 38.3 Å². The van der Waals surface area contributed by atoms with Crippen LogP contribution in [0, 0.1) is 0 Å². The largest absolute Gasteiger partial charge is 0.492 e. The zero-order valence-corrected chi connectivity index (χ0v) is 16.3. The molecule has 1 aliphatic rings. The van der Waals surface area contributed by atoms with Crippen molar-refractivity contribution in [1.82, 2.24) is 19.9 Å². The summed E-state index contributed by atoms with van der Waals surface area (Å²) in [4.78, 5) is 17.2. The maximum absolute atomic E-state index is 13.0. The van der Waals surface area contributed by atoms with E-state index in [9.17, 15) is 4.79 Å². The lowest BCUT2D eigenvalue weighted by Gasteiger charge is -2.36. The van der Waals surface area contributed by atoms with Gasteiger partial charge in [-0.15, -0.1) is 5.10 Å². The summed E-state index contributed by atoms with van der Waals surface area (Å²) in [7, 11) is 0.